The van der Waals surface area contributed by atoms with Gasteiger partial charge in [0.1, 0.15) is 28.6 Å². The highest BCUT2D eigenvalue weighted by Crippen LogP contribution is 2.27. The van der Waals surface area contributed by atoms with Gasteiger partial charge in [-0.05, 0) is 49.6 Å². The highest BCUT2D eigenvalue weighted by atomic mass is 32.2. The number of amides is 1. The van der Waals surface area contributed by atoms with Crippen LogP contribution in [0.2, 0.25) is 0 Å². The normalized spacial score (nSPS) is 17.3. The fourth-order valence-electron chi connectivity index (χ4n) is 3.73. The smallest absolute Gasteiger partial charge is 0.269 e. The lowest BCUT2D eigenvalue weighted by Gasteiger charge is -2.13. The fraction of sp³-hybridized carbons (Fsp3) is 0.250. The second-order valence-corrected chi connectivity index (χ2v) is 10.4. The highest BCUT2D eigenvalue weighted by molar-refractivity contribution is 7.91. The Balaban J connectivity index is 1.81. The average Bonchev–Trinajstić information content (AvgIpc) is 3.13. The van der Waals surface area contributed by atoms with Crippen molar-refractivity contribution in [3.8, 4) is 17.7 Å². The average molecular weight is 479 g/mol. The third kappa shape index (κ3) is 4.70. The molecule has 1 amide bonds. The standard InChI is InChI=1S/C24H22N4O5S/c1-15-6-3-4-8-20(15)33-23-19(24(30)28-10-5-7-16(2)21(28)27-23)12-17(13-25)22(29)26-18-9-11-34(31,32)14-18/h3-8,10,12,18H,9,11,14H2,1-2H3,(H,26,29)/b17-12+/t18-/m1/s1. The van der Waals surface area contributed by atoms with Gasteiger partial charge in [0.15, 0.2) is 9.84 Å². The molecule has 0 unspecified atom stereocenters. The van der Waals surface area contributed by atoms with Crippen LogP contribution in [-0.2, 0) is 14.6 Å². The van der Waals surface area contributed by atoms with E-state index in [0.717, 1.165) is 17.2 Å². The summed E-state index contributed by atoms with van der Waals surface area (Å²) in [6, 6.07) is 11.9. The molecule has 2 aromatic heterocycles. The van der Waals surface area contributed by atoms with E-state index in [0.29, 0.717) is 11.4 Å². The van der Waals surface area contributed by atoms with Crippen molar-refractivity contribution in [2.24, 2.45) is 0 Å². The first-order valence-corrected chi connectivity index (χ1v) is 12.4. The number of aryl methyl sites for hydroxylation is 2. The van der Waals surface area contributed by atoms with Gasteiger partial charge in [-0.2, -0.15) is 10.2 Å². The van der Waals surface area contributed by atoms with Crippen LogP contribution in [0.1, 0.15) is 23.1 Å². The first kappa shape index (κ1) is 23.2. The first-order valence-electron chi connectivity index (χ1n) is 10.6. The summed E-state index contributed by atoms with van der Waals surface area (Å²) in [5, 5.41) is 12.2. The lowest BCUT2D eigenvalue weighted by atomic mass is 10.1. The van der Waals surface area contributed by atoms with Gasteiger partial charge in [-0.25, -0.2) is 8.42 Å². The molecule has 10 heteroatoms. The molecule has 1 N–H and O–H groups in total. The van der Waals surface area contributed by atoms with Crippen LogP contribution in [0.4, 0.5) is 0 Å². The fourth-order valence-corrected chi connectivity index (χ4v) is 5.41. The Bertz CT molecular complexity index is 1530. The van der Waals surface area contributed by atoms with Crippen molar-refractivity contribution in [2.75, 3.05) is 11.5 Å². The Hall–Kier alpha value is -3.97. The number of nitrogens with zero attached hydrogens (tertiary/aromatic N) is 3. The predicted molar refractivity (Wildman–Crippen MR) is 126 cm³/mol. The molecular weight excluding hydrogens is 456 g/mol. The Labute approximate surface area is 196 Å². The summed E-state index contributed by atoms with van der Waals surface area (Å²) in [5.41, 5.74) is 0.992. The molecule has 1 atom stereocenters. The van der Waals surface area contributed by atoms with Crippen molar-refractivity contribution < 1.29 is 17.9 Å². The minimum atomic E-state index is -3.21. The molecule has 4 rings (SSSR count). The van der Waals surface area contributed by atoms with Crippen LogP contribution < -0.4 is 15.6 Å². The van der Waals surface area contributed by atoms with Crippen LogP contribution in [0.25, 0.3) is 11.7 Å². The van der Waals surface area contributed by atoms with Gasteiger partial charge >= 0.3 is 0 Å². The maximum atomic E-state index is 13.4. The lowest BCUT2D eigenvalue weighted by Crippen LogP contribution is -2.36. The van der Waals surface area contributed by atoms with E-state index >= 15 is 0 Å². The number of pyridine rings is 1. The second-order valence-electron chi connectivity index (χ2n) is 8.13. The van der Waals surface area contributed by atoms with Crippen LogP contribution in [0.5, 0.6) is 11.6 Å². The number of aromatic nitrogens is 2. The van der Waals surface area contributed by atoms with Crippen molar-refractivity contribution >= 4 is 27.5 Å². The number of nitriles is 1. The summed E-state index contributed by atoms with van der Waals surface area (Å²) in [6.07, 6.45) is 2.95. The Morgan fingerprint density at radius 3 is 2.65 bits per heavy atom. The molecule has 1 aliphatic heterocycles. The molecule has 1 aliphatic rings. The van der Waals surface area contributed by atoms with Gasteiger partial charge in [-0.15, -0.1) is 0 Å². The topological polar surface area (TPSA) is 131 Å². The molecule has 0 bridgehead atoms. The molecule has 3 heterocycles. The zero-order chi connectivity index (χ0) is 24.5. The van der Waals surface area contributed by atoms with Gasteiger partial charge in [-0.1, -0.05) is 24.3 Å². The largest absolute Gasteiger partial charge is 0.438 e. The summed E-state index contributed by atoms with van der Waals surface area (Å²) < 4.78 is 30.7. The van der Waals surface area contributed by atoms with Crippen molar-refractivity contribution in [1.29, 1.82) is 5.26 Å². The van der Waals surface area contributed by atoms with E-state index in [1.54, 1.807) is 43.5 Å². The molecule has 0 spiro atoms. The number of nitrogens with one attached hydrogen (secondary N) is 1. The van der Waals surface area contributed by atoms with Gasteiger partial charge in [0.25, 0.3) is 11.5 Å². The van der Waals surface area contributed by atoms with Gasteiger partial charge in [0.2, 0.25) is 5.88 Å². The molecule has 174 valence electrons. The van der Waals surface area contributed by atoms with E-state index in [9.17, 15) is 23.3 Å². The molecule has 0 saturated carbocycles. The van der Waals surface area contributed by atoms with E-state index in [-0.39, 0.29) is 34.9 Å². The van der Waals surface area contributed by atoms with Crippen LogP contribution in [0.15, 0.2) is 53.0 Å². The van der Waals surface area contributed by atoms with Gasteiger partial charge in [-0.3, -0.25) is 14.0 Å². The number of rotatable bonds is 5. The van der Waals surface area contributed by atoms with Crippen molar-refractivity contribution in [3.05, 3.63) is 75.2 Å². The van der Waals surface area contributed by atoms with Crippen molar-refractivity contribution in [3.63, 3.8) is 0 Å². The lowest BCUT2D eigenvalue weighted by molar-refractivity contribution is -0.117. The minimum absolute atomic E-state index is 0.0206. The molecule has 34 heavy (non-hydrogen) atoms. The van der Waals surface area contributed by atoms with E-state index in [1.165, 1.54) is 4.40 Å². The summed E-state index contributed by atoms with van der Waals surface area (Å²) in [6.45, 7) is 3.65. The van der Waals surface area contributed by atoms with Crippen LogP contribution in [0, 0.1) is 25.2 Å². The summed E-state index contributed by atoms with van der Waals surface area (Å²) in [7, 11) is -3.21. The van der Waals surface area contributed by atoms with Gasteiger partial charge in [0, 0.05) is 12.2 Å². The summed E-state index contributed by atoms with van der Waals surface area (Å²) >= 11 is 0. The Kier molecular flexibility index (Phi) is 6.22. The zero-order valence-electron chi connectivity index (χ0n) is 18.6. The van der Waals surface area contributed by atoms with Crippen molar-refractivity contribution in [1.82, 2.24) is 14.7 Å². The Morgan fingerprint density at radius 2 is 1.97 bits per heavy atom. The highest BCUT2D eigenvalue weighted by Gasteiger charge is 2.30. The van der Waals surface area contributed by atoms with Gasteiger partial charge < -0.3 is 10.1 Å². The molecule has 1 aromatic carbocycles. The number of para-hydroxylation sites is 1. The molecule has 0 aliphatic carbocycles. The molecule has 9 nitrogen and oxygen atoms in total. The number of fused-ring (bicyclic) bond motifs is 1. The molecular formula is C24H22N4O5S. The maximum absolute atomic E-state index is 13.4. The van der Waals surface area contributed by atoms with Gasteiger partial charge in [0.05, 0.1) is 11.5 Å². The molecule has 3 aromatic rings. The van der Waals surface area contributed by atoms with E-state index in [4.69, 9.17) is 4.74 Å². The first-order chi connectivity index (χ1) is 16.2. The van der Waals surface area contributed by atoms with E-state index < -0.39 is 27.3 Å². The van der Waals surface area contributed by atoms with E-state index in [2.05, 4.69) is 10.3 Å². The minimum Gasteiger partial charge on any atom is -0.438 e. The third-order valence-corrected chi connectivity index (χ3v) is 7.34. The van der Waals surface area contributed by atoms with Crippen LogP contribution in [0.3, 0.4) is 0 Å². The maximum Gasteiger partial charge on any atom is 0.269 e. The third-order valence-electron chi connectivity index (χ3n) is 5.57. The quantitative estimate of drug-likeness (QED) is 0.440. The summed E-state index contributed by atoms with van der Waals surface area (Å²) in [5.74, 6) is -0.537. The number of carbonyl (C=O) groups is 1. The van der Waals surface area contributed by atoms with Crippen LogP contribution >= 0.6 is 0 Å². The molecule has 0 radical (unpaired) electrons. The number of hydrogen-bond donors (Lipinski definition) is 1. The number of carbonyl (C=O) groups excluding carboxylic acids is 1. The number of ether oxygens (including phenoxy) is 1. The van der Waals surface area contributed by atoms with Crippen LogP contribution in [-0.4, -0.2) is 41.3 Å². The zero-order valence-corrected chi connectivity index (χ0v) is 19.4. The SMILES string of the molecule is Cc1ccccc1Oc1nc2c(C)cccn2c(=O)c1/C=C(\C#N)C(=O)N[C@@H]1CCS(=O)(=O)C1. The Morgan fingerprint density at radius 1 is 1.24 bits per heavy atom. The monoisotopic (exact) mass is 478 g/mol. The molecule has 1 fully saturated rings. The van der Waals surface area contributed by atoms with Crippen molar-refractivity contribution in [2.45, 2.75) is 26.3 Å². The summed E-state index contributed by atoms with van der Waals surface area (Å²) in [4.78, 5) is 30.6. The predicted octanol–water partition coefficient (Wildman–Crippen LogP) is 2.31. The second kappa shape index (κ2) is 9.11. The molecule has 1 saturated heterocycles. The van der Waals surface area contributed by atoms with E-state index in [1.807, 2.05) is 19.1 Å². The number of sulfone groups is 1. The number of benzene rings is 1. The number of hydrogen-bond acceptors (Lipinski definition) is 7.